The second-order valence-electron chi connectivity index (χ2n) is 6.92. The van der Waals surface area contributed by atoms with Gasteiger partial charge in [-0.2, -0.15) is 0 Å². The van der Waals surface area contributed by atoms with Gasteiger partial charge >= 0.3 is 0 Å². The predicted molar refractivity (Wildman–Crippen MR) is 97.1 cm³/mol. The van der Waals surface area contributed by atoms with E-state index in [1.54, 1.807) is 0 Å². The molecule has 2 nitrogen and oxygen atoms in total. The highest BCUT2D eigenvalue weighted by molar-refractivity contribution is 4.68. The van der Waals surface area contributed by atoms with Crippen LogP contribution in [0, 0.1) is 0 Å². The summed E-state index contributed by atoms with van der Waals surface area (Å²) in [5.74, 6) is 0. The lowest BCUT2D eigenvalue weighted by atomic mass is 10.0. The van der Waals surface area contributed by atoms with Crippen LogP contribution >= 0.6 is 0 Å². The van der Waals surface area contributed by atoms with Crippen molar-refractivity contribution in [2.24, 2.45) is 0 Å². The maximum absolute atomic E-state index is 3.82. The monoisotopic (exact) mass is 298 g/mol. The molecule has 0 saturated heterocycles. The van der Waals surface area contributed by atoms with E-state index in [0.717, 1.165) is 6.04 Å². The molecule has 0 fully saturated rings. The van der Waals surface area contributed by atoms with Gasteiger partial charge < -0.3 is 10.2 Å². The molecule has 0 aromatic rings. The van der Waals surface area contributed by atoms with E-state index in [1.807, 2.05) is 0 Å². The molecule has 0 aliphatic carbocycles. The minimum atomic E-state index is 0.675. The second-order valence-corrected chi connectivity index (χ2v) is 6.92. The summed E-state index contributed by atoms with van der Waals surface area (Å²) >= 11 is 0. The number of unbranched alkanes of at least 4 members (excludes halogenated alkanes) is 5. The molecule has 0 unspecified atom stereocenters. The zero-order valence-electron chi connectivity index (χ0n) is 15.6. The molecule has 1 N–H and O–H groups in total. The maximum atomic E-state index is 3.82. The summed E-state index contributed by atoms with van der Waals surface area (Å²) in [6.07, 6.45) is 13.6. The summed E-state index contributed by atoms with van der Waals surface area (Å²) < 4.78 is 0. The maximum Gasteiger partial charge on any atom is 0.00670 e. The number of nitrogens with zero attached hydrogens (tertiary/aromatic N) is 1. The van der Waals surface area contributed by atoms with E-state index < -0.39 is 0 Å². The van der Waals surface area contributed by atoms with Crippen molar-refractivity contribution < 1.29 is 0 Å². The molecule has 0 aliphatic heterocycles. The quantitative estimate of drug-likeness (QED) is 0.417. The number of hydrogen-bond donors (Lipinski definition) is 1. The first-order valence-electron chi connectivity index (χ1n) is 9.55. The Balaban J connectivity index is 3.72. The molecule has 0 aromatic heterocycles. The van der Waals surface area contributed by atoms with E-state index in [-0.39, 0.29) is 0 Å². The molecule has 0 saturated carbocycles. The lowest BCUT2D eigenvalue weighted by molar-refractivity contribution is 0.266. The summed E-state index contributed by atoms with van der Waals surface area (Å²) in [6, 6.07) is 1.44. The molecule has 128 valence electrons. The summed E-state index contributed by atoms with van der Waals surface area (Å²) in [4.78, 5) is 2.44. The fraction of sp³-hybridized carbons (Fsp3) is 1.00. The standard InChI is InChI=1S/C19H42N2/c1-6-8-10-14-19(15-11-9-7-2)20-16-12-13-17-21(5)18(3)4/h18-20H,6-17H2,1-5H3. The normalized spacial score (nSPS) is 12.0. The van der Waals surface area contributed by atoms with Crippen molar-refractivity contribution in [3.63, 3.8) is 0 Å². The van der Waals surface area contributed by atoms with Gasteiger partial charge in [0.1, 0.15) is 0 Å². The molecule has 0 bridgehead atoms. The molecule has 21 heavy (non-hydrogen) atoms. The molecule has 0 amide bonds. The van der Waals surface area contributed by atoms with Crippen LogP contribution in [0.25, 0.3) is 0 Å². The first kappa shape index (κ1) is 20.9. The van der Waals surface area contributed by atoms with E-state index in [9.17, 15) is 0 Å². The summed E-state index contributed by atoms with van der Waals surface area (Å²) in [7, 11) is 2.23. The molecule has 0 atom stereocenters. The van der Waals surface area contributed by atoms with Gasteiger partial charge in [0, 0.05) is 12.1 Å². The highest BCUT2D eigenvalue weighted by Gasteiger charge is 2.07. The van der Waals surface area contributed by atoms with Crippen molar-refractivity contribution >= 4 is 0 Å². The lowest BCUT2D eigenvalue weighted by Crippen LogP contribution is -2.31. The Morgan fingerprint density at radius 2 is 1.38 bits per heavy atom. The van der Waals surface area contributed by atoms with Crippen molar-refractivity contribution in [3.05, 3.63) is 0 Å². The Kier molecular flexibility index (Phi) is 14.8. The minimum Gasteiger partial charge on any atom is -0.314 e. The molecule has 2 heteroatoms. The Morgan fingerprint density at radius 3 is 1.86 bits per heavy atom. The summed E-state index contributed by atoms with van der Waals surface area (Å²) in [5, 5.41) is 3.82. The SMILES string of the molecule is CCCCCC(CCCCC)NCCCCN(C)C(C)C. The Hall–Kier alpha value is -0.0800. The average molecular weight is 299 g/mol. The van der Waals surface area contributed by atoms with Crippen molar-refractivity contribution in [2.45, 2.75) is 104 Å². The summed E-state index contributed by atoms with van der Waals surface area (Å²) in [5.41, 5.74) is 0. The Bertz CT molecular complexity index is 194. The smallest absolute Gasteiger partial charge is 0.00670 e. The van der Waals surface area contributed by atoms with Crippen LogP contribution in [0.2, 0.25) is 0 Å². The fourth-order valence-corrected chi connectivity index (χ4v) is 2.68. The average Bonchev–Trinajstić information content (AvgIpc) is 2.46. The Labute approximate surface area is 135 Å². The van der Waals surface area contributed by atoms with Crippen molar-refractivity contribution in [2.75, 3.05) is 20.1 Å². The van der Waals surface area contributed by atoms with Crippen LogP contribution in [0.4, 0.5) is 0 Å². The van der Waals surface area contributed by atoms with E-state index in [4.69, 9.17) is 0 Å². The van der Waals surface area contributed by atoms with Gasteiger partial charge in [-0.15, -0.1) is 0 Å². The predicted octanol–water partition coefficient (Wildman–Crippen LogP) is 5.23. The van der Waals surface area contributed by atoms with Crippen LogP contribution < -0.4 is 5.32 Å². The topological polar surface area (TPSA) is 15.3 Å². The molecule has 0 rings (SSSR count). The van der Waals surface area contributed by atoms with Gasteiger partial charge in [0.05, 0.1) is 0 Å². The summed E-state index contributed by atoms with van der Waals surface area (Å²) in [6.45, 7) is 11.6. The zero-order valence-corrected chi connectivity index (χ0v) is 15.6. The third-order valence-corrected chi connectivity index (χ3v) is 4.56. The van der Waals surface area contributed by atoms with Crippen LogP contribution in [0.3, 0.4) is 0 Å². The number of nitrogens with one attached hydrogen (secondary N) is 1. The molecular weight excluding hydrogens is 256 g/mol. The van der Waals surface area contributed by atoms with Crippen LogP contribution in [0.5, 0.6) is 0 Å². The van der Waals surface area contributed by atoms with E-state index >= 15 is 0 Å². The lowest BCUT2D eigenvalue weighted by Gasteiger charge is -2.22. The van der Waals surface area contributed by atoms with Gasteiger partial charge in [0.25, 0.3) is 0 Å². The van der Waals surface area contributed by atoms with Crippen LogP contribution in [0.1, 0.15) is 91.9 Å². The van der Waals surface area contributed by atoms with Gasteiger partial charge in [-0.05, 0) is 59.7 Å². The zero-order chi connectivity index (χ0) is 15.9. The van der Waals surface area contributed by atoms with Gasteiger partial charge in [0.2, 0.25) is 0 Å². The fourth-order valence-electron chi connectivity index (χ4n) is 2.68. The van der Waals surface area contributed by atoms with E-state index in [1.165, 1.54) is 77.3 Å². The largest absolute Gasteiger partial charge is 0.314 e. The van der Waals surface area contributed by atoms with Crippen LogP contribution in [-0.2, 0) is 0 Å². The molecule has 0 aromatic carbocycles. The van der Waals surface area contributed by atoms with Gasteiger partial charge in [0.15, 0.2) is 0 Å². The van der Waals surface area contributed by atoms with Gasteiger partial charge in [-0.3, -0.25) is 0 Å². The molecule has 0 aliphatic rings. The minimum absolute atomic E-state index is 0.675. The highest BCUT2D eigenvalue weighted by atomic mass is 15.1. The molecule has 0 spiro atoms. The van der Waals surface area contributed by atoms with Crippen molar-refractivity contribution in [1.29, 1.82) is 0 Å². The van der Waals surface area contributed by atoms with E-state index in [2.05, 4.69) is 45.0 Å². The van der Waals surface area contributed by atoms with E-state index in [0.29, 0.717) is 6.04 Å². The van der Waals surface area contributed by atoms with Crippen LogP contribution in [-0.4, -0.2) is 37.1 Å². The van der Waals surface area contributed by atoms with Crippen LogP contribution in [0.15, 0.2) is 0 Å². The Morgan fingerprint density at radius 1 is 0.810 bits per heavy atom. The first-order chi connectivity index (χ1) is 10.1. The molecular formula is C19H42N2. The first-order valence-corrected chi connectivity index (χ1v) is 9.55. The second kappa shape index (κ2) is 14.8. The van der Waals surface area contributed by atoms with Gasteiger partial charge in [-0.25, -0.2) is 0 Å². The third kappa shape index (κ3) is 13.3. The molecule has 0 heterocycles. The molecule has 0 radical (unpaired) electrons. The van der Waals surface area contributed by atoms with Gasteiger partial charge in [-0.1, -0.05) is 52.4 Å². The third-order valence-electron chi connectivity index (χ3n) is 4.56. The number of hydrogen-bond acceptors (Lipinski definition) is 2. The van der Waals surface area contributed by atoms with Crippen molar-refractivity contribution in [1.82, 2.24) is 10.2 Å². The number of rotatable bonds is 15. The van der Waals surface area contributed by atoms with Crippen molar-refractivity contribution in [3.8, 4) is 0 Å². The highest BCUT2D eigenvalue weighted by Crippen LogP contribution is 2.11.